The molecule has 0 saturated carbocycles. The summed E-state index contributed by atoms with van der Waals surface area (Å²) in [5.74, 6) is -5.11. The number of hydrogen-bond donors (Lipinski definition) is 4. The van der Waals surface area contributed by atoms with Crippen LogP contribution in [0, 0.1) is 0 Å². The molecule has 696 valence electrons. The smallest absolute Gasteiger partial charge is 0.547 e. The second kappa shape index (κ2) is 98.4. The third-order valence-electron chi connectivity index (χ3n) is 25.1. The first-order valence-corrected chi connectivity index (χ1v) is 52.0. The van der Waals surface area contributed by atoms with Crippen molar-refractivity contribution in [2.75, 3.05) is 0 Å². The first-order valence-electron chi connectivity index (χ1n) is 52.0. The van der Waals surface area contributed by atoms with Crippen LogP contribution in [0.4, 0.5) is 0 Å². The van der Waals surface area contributed by atoms with Crippen molar-refractivity contribution in [2.45, 2.75) is 643 Å². The average Bonchev–Trinajstić information content (AvgIpc) is 0.897. The largest absolute Gasteiger partial charge is 4.00 e. The molecule has 4 atom stereocenters. The van der Waals surface area contributed by atoms with Crippen LogP contribution in [0.1, 0.15) is 620 Å². The van der Waals surface area contributed by atoms with Crippen LogP contribution in [0.5, 0.6) is 0 Å². The molecule has 117 heavy (non-hydrogen) atoms. The first-order chi connectivity index (χ1) is 56.3. The van der Waals surface area contributed by atoms with Gasteiger partial charge in [-0.05, 0) is 51.4 Å². The van der Waals surface area contributed by atoms with Crippen molar-refractivity contribution in [1.82, 2.24) is 0 Å². The molecule has 4 unspecified atom stereocenters. The van der Waals surface area contributed by atoms with E-state index in [0.29, 0.717) is 51.4 Å². The van der Waals surface area contributed by atoms with Crippen LogP contribution in [0.3, 0.4) is 0 Å². The molecule has 0 aromatic heterocycles. The van der Waals surface area contributed by atoms with Crippen molar-refractivity contribution in [3.8, 4) is 0 Å². The quantitative estimate of drug-likeness (QED) is 0.0328. The van der Waals surface area contributed by atoms with Gasteiger partial charge < -0.3 is 60.0 Å². The molecule has 13 heteroatoms. The fraction of sp³-hybridized carbons (Fsp3) is 0.962. The van der Waals surface area contributed by atoms with E-state index in [9.17, 15) is 60.0 Å². The zero-order valence-electron chi connectivity index (χ0n) is 79.8. The summed E-state index contributed by atoms with van der Waals surface area (Å²) in [7, 11) is 0. The number of carboxylic acid groups (broad SMARTS) is 4. The molecule has 0 bridgehead atoms. The number of hydrogen-bond acceptors (Lipinski definition) is 12. The van der Waals surface area contributed by atoms with Crippen LogP contribution >= 0.6 is 0 Å². The minimum Gasteiger partial charge on any atom is -0.547 e. The van der Waals surface area contributed by atoms with Gasteiger partial charge in [0.1, 0.15) is 22.4 Å². The van der Waals surface area contributed by atoms with Crippen LogP contribution in [0.15, 0.2) is 0 Å². The zero-order chi connectivity index (χ0) is 86.5. The first kappa shape index (κ1) is 124. The van der Waals surface area contributed by atoms with Crippen molar-refractivity contribution in [3.63, 3.8) is 0 Å². The Hall–Kier alpha value is -1.36. The molecule has 0 aliphatic heterocycles. The van der Waals surface area contributed by atoms with Crippen molar-refractivity contribution < 1.29 is 60.0 Å². The van der Waals surface area contributed by atoms with E-state index in [4.69, 9.17) is 0 Å². The summed E-state index contributed by atoms with van der Waals surface area (Å²) < 4.78 is 0. The van der Waals surface area contributed by atoms with E-state index in [2.05, 4.69) is 55.4 Å². The zero-order valence-corrected chi connectivity index (χ0v) is 83.7. The Balaban J connectivity index is -0.000000475. The van der Waals surface area contributed by atoms with E-state index in [1.165, 1.54) is 360 Å². The fourth-order valence-electron chi connectivity index (χ4n) is 16.6. The van der Waals surface area contributed by atoms with E-state index < -0.39 is 46.3 Å². The van der Waals surface area contributed by atoms with Crippen molar-refractivity contribution in [3.05, 3.63) is 0 Å². The Bertz CT molecular complexity index is 1700. The topological polar surface area (TPSA) is 241 Å². The molecule has 0 heterocycles. The summed E-state index contributed by atoms with van der Waals surface area (Å²) in [6.45, 7) is 17.8. The molecule has 0 aliphatic carbocycles. The van der Waals surface area contributed by atoms with E-state index >= 15 is 0 Å². The normalized spacial score (nSPS) is 13.4. The molecule has 0 aliphatic rings. The van der Waals surface area contributed by atoms with Crippen LogP contribution in [-0.4, -0.2) is 94.0 Å². The average molecular weight is 1850 g/mol. The third kappa shape index (κ3) is 90.7. The summed E-state index contributed by atoms with van der Waals surface area (Å²) in [6.07, 6.45) is 101. The van der Waals surface area contributed by atoms with Gasteiger partial charge >= 0.3 is 27.3 Å². The standard InChI is InChI=1S/4C26H52O3.Pb/c4*1-3-5-7-9-11-12-13-14-15-16-17-18-20-22-24-26(29,25(27)28)23-21-19-10-8-6-4-2;/h4*29H,3-24H2,1-2H3,(H,27,28);/q;;;;+4/p-4. The summed E-state index contributed by atoms with van der Waals surface area (Å²) in [5.41, 5.74) is -6.44. The van der Waals surface area contributed by atoms with E-state index in [1.807, 2.05) is 0 Å². The summed E-state index contributed by atoms with van der Waals surface area (Å²) in [4.78, 5) is 45.6. The van der Waals surface area contributed by atoms with Crippen LogP contribution < -0.4 is 20.4 Å². The number of unbranched alkanes of at least 4 members (excludes halogenated alkanes) is 72. The molecule has 0 fully saturated rings. The van der Waals surface area contributed by atoms with E-state index in [0.717, 1.165) is 154 Å². The number of carbonyl (C=O) groups excluding carboxylic acids is 4. The summed E-state index contributed by atoms with van der Waals surface area (Å²) in [5, 5.41) is 87.2. The number of aliphatic carboxylic acids is 4. The maximum absolute atomic E-state index is 11.4. The Labute approximate surface area is 749 Å². The number of carbonyl (C=O) groups is 4. The fourth-order valence-corrected chi connectivity index (χ4v) is 16.6. The maximum atomic E-state index is 11.4. The predicted molar refractivity (Wildman–Crippen MR) is 497 cm³/mol. The summed E-state index contributed by atoms with van der Waals surface area (Å²) >= 11 is 0. The number of rotatable bonds is 92. The van der Waals surface area contributed by atoms with E-state index in [-0.39, 0.29) is 27.3 Å². The maximum Gasteiger partial charge on any atom is 4.00 e. The van der Waals surface area contributed by atoms with Gasteiger partial charge in [0.25, 0.3) is 0 Å². The van der Waals surface area contributed by atoms with Crippen LogP contribution in [0.25, 0.3) is 0 Å². The van der Waals surface area contributed by atoms with Crippen molar-refractivity contribution in [2.24, 2.45) is 0 Å². The van der Waals surface area contributed by atoms with Gasteiger partial charge in [-0.1, -0.05) is 569 Å². The Kier molecular flexibility index (Phi) is 104. The second-order valence-electron chi connectivity index (χ2n) is 36.7. The van der Waals surface area contributed by atoms with Gasteiger partial charge in [0, 0.05) is 0 Å². The molecule has 0 radical (unpaired) electrons. The summed E-state index contributed by atoms with van der Waals surface area (Å²) in [6, 6.07) is 0. The van der Waals surface area contributed by atoms with Crippen LogP contribution in [-0.2, 0) is 19.2 Å². The molecule has 0 rings (SSSR count). The minimum absolute atomic E-state index is 0. The molecule has 0 aromatic rings. The Morgan fingerprint density at radius 3 is 0.265 bits per heavy atom. The third-order valence-corrected chi connectivity index (χ3v) is 25.1. The van der Waals surface area contributed by atoms with Gasteiger partial charge in [-0.3, -0.25) is 0 Å². The van der Waals surface area contributed by atoms with Gasteiger partial charge in [0.2, 0.25) is 0 Å². The van der Waals surface area contributed by atoms with Gasteiger partial charge in [0.05, 0.1) is 23.9 Å². The van der Waals surface area contributed by atoms with Gasteiger partial charge in [-0.2, -0.15) is 0 Å². The van der Waals surface area contributed by atoms with Gasteiger partial charge in [0.15, 0.2) is 0 Å². The number of aliphatic hydroxyl groups is 4. The molecule has 0 aromatic carbocycles. The van der Waals surface area contributed by atoms with Crippen molar-refractivity contribution >= 4 is 51.2 Å². The van der Waals surface area contributed by atoms with Gasteiger partial charge in [-0.25, -0.2) is 0 Å². The van der Waals surface area contributed by atoms with Gasteiger partial charge in [-0.15, -0.1) is 0 Å². The molecular formula is C104H204O12Pb. The Morgan fingerprint density at radius 1 is 0.145 bits per heavy atom. The van der Waals surface area contributed by atoms with Crippen LogP contribution in [0.2, 0.25) is 0 Å². The molecule has 0 saturated heterocycles. The molecule has 12 nitrogen and oxygen atoms in total. The van der Waals surface area contributed by atoms with Crippen molar-refractivity contribution in [1.29, 1.82) is 0 Å². The second-order valence-corrected chi connectivity index (χ2v) is 36.7. The predicted octanol–water partition coefficient (Wildman–Crippen LogP) is 28.0. The number of carboxylic acids is 4. The minimum atomic E-state index is -1.61. The molecule has 0 spiro atoms. The Morgan fingerprint density at radius 2 is 0.205 bits per heavy atom. The van der Waals surface area contributed by atoms with E-state index in [1.54, 1.807) is 0 Å². The SMILES string of the molecule is CCCCCCCCCCCCCCCCC(O)(CCCCCCCC)C(=O)[O-].CCCCCCCCCCCCCCCCC(O)(CCCCCCCC)C(=O)[O-].CCCCCCCCCCCCCCCCC(O)(CCCCCCCC)C(=O)[O-].CCCCCCCCCCCCCCCCC(O)(CCCCCCCC)C(=O)[O-].[Pb+4]. The molecular weight excluding hydrogens is 1650 g/mol. The molecule has 4 N–H and O–H groups in total. The molecule has 0 amide bonds. The monoisotopic (exact) mass is 1850 g/mol.